The predicted octanol–water partition coefficient (Wildman–Crippen LogP) is 2.79. The van der Waals surface area contributed by atoms with Crippen molar-refractivity contribution in [2.45, 2.75) is 38.8 Å². The summed E-state index contributed by atoms with van der Waals surface area (Å²) >= 11 is 0. The largest absolute Gasteiger partial charge is 0.469 e. The van der Waals surface area contributed by atoms with Crippen LogP contribution >= 0.6 is 0 Å². The molecule has 0 radical (unpaired) electrons. The highest BCUT2D eigenvalue weighted by Crippen LogP contribution is 2.19. The molecular weight excluding hydrogens is 275 g/mol. The van der Waals surface area contributed by atoms with Crippen LogP contribution in [0.15, 0.2) is 22.6 Å². The molecule has 1 N–H and O–H groups in total. The van der Waals surface area contributed by atoms with E-state index in [9.17, 15) is 9.18 Å². The van der Waals surface area contributed by atoms with E-state index in [4.69, 9.17) is 9.15 Å². The first-order valence-corrected chi connectivity index (χ1v) is 6.82. The molecule has 2 aromatic rings. The van der Waals surface area contributed by atoms with Crippen LogP contribution in [0.1, 0.15) is 32.6 Å². The van der Waals surface area contributed by atoms with Crippen molar-refractivity contribution in [3.05, 3.63) is 29.9 Å². The third kappa shape index (κ3) is 3.78. The number of nitrogens with one attached hydrogen (secondary N) is 1. The van der Waals surface area contributed by atoms with E-state index in [2.05, 4.69) is 10.3 Å². The summed E-state index contributed by atoms with van der Waals surface area (Å²) in [5.41, 5.74) is 0.622. The predicted molar refractivity (Wildman–Crippen MR) is 76.1 cm³/mol. The lowest BCUT2D eigenvalue weighted by molar-refractivity contribution is -0.142. The Morgan fingerprint density at radius 3 is 2.95 bits per heavy atom. The molecule has 0 spiro atoms. The maximum atomic E-state index is 13.1. The molecule has 0 aliphatic heterocycles. The molecule has 0 bridgehead atoms. The molecule has 0 saturated heterocycles. The van der Waals surface area contributed by atoms with E-state index >= 15 is 0 Å². The van der Waals surface area contributed by atoms with Crippen LogP contribution in [0.3, 0.4) is 0 Å². The van der Waals surface area contributed by atoms with Gasteiger partial charge in [0.2, 0.25) is 5.89 Å². The lowest BCUT2D eigenvalue weighted by Crippen LogP contribution is -2.43. The first kappa shape index (κ1) is 15.4. The zero-order valence-corrected chi connectivity index (χ0v) is 12.4. The Hall–Kier alpha value is -1.95. The van der Waals surface area contributed by atoms with Gasteiger partial charge in [0, 0.05) is 11.6 Å². The van der Waals surface area contributed by atoms with Gasteiger partial charge in [0.1, 0.15) is 11.3 Å². The van der Waals surface area contributed by atoms with Gasteiger partial charge in [-0.15, -0.1) is 0 Å². The topological polar surface area (TPSA) is 64.4 Å². The zero-order chi connectivity index (χ0) is 15.5. The number of esters is 1. The van der Waals surface area contributed by atoms with Crippen LogP contribution in [-0.2, 0) is 16.1 Å². The van der Waals surface area contributed by atoms with Gasteiger partial charge in [0.05, 0.1) is 20.1 Å². The van der Waals surface area contributed by atoms with Crippen molar-refractivity contribution in [1.82, 2.24) is 10.3 Å². The summed E-state index contributed by atoms with van der Waals surface area (Å²) in [7, 11) is 1.37. The third-order valence-corrected chi connectivity index (χ3v) is 3.60. The molecule has 1 aromatic carbocycles. The van der Waals surface area contributed by atoms with Gasteiger partial charge >= 0.3 is 5.97 Å². The van der Waals surface area contributed by atoms with Crippen molar-refractivity contribution < 1.29 is 18.3 Å². The van der Waals surface area contributed by atoms with Gasteiger partial charge < -0.3 is 14.5 Å². The molecule has 1 unspecified atom stereocenters. The second kappa shape index (κ2) is 6.22. The molecule has 0 fully saturated rings. The Balaban J connectivity index is 2.07. The lowest BCUT2D eigenvalue weighted by atomic mass is 9.94. The molecule has 114 valence electrons. The lowest BCUT2D eigenvalue weighted by Gasteiger charge is -2.27. The van der Waals surface area contributed by atoms with Crippen LogP contribution in [0.5, 0.6) is 0 Å². The van der Waals surface area contributed by atoms with E-state index in [0.717, 1.165) is 6.42 Å². The van der Waals surface area contributed by atoms with Gasteiger partial charge in [0.15, 0.2) is 5.58 Å². The number of halogens is 1. The van der Waals surface area contributed by atoms with Crippen molar-refractivity contribution in [3.8, 4) is 0 Å². The number of methoxy groups -OCH3 is 1. The number of nitrogens with zero attached hydrogens (tertiary/aromatic N) is 1. The molecule has 0 saturated carbocycles. The van der Waals surface area contributed by atoms with E-state index in [-0.39, 0.29) is 18.2 Å². The monoisotopic (exact) mass is 294 g/mol. The number of fused-ring (bicyclic) bond motifs is 1. The number of benzene rings is 1. The molecule has 6 heteroatoms. The minimum absolute atomic E-state index is 0.259. The highest BCUT2D eigenvalue weighted by molar-refractivity contribution is 5.72. The number of carbonyl (C=O) groups is 1. The number of hydrogen-bond donors (Lipinski definition) is 1. The molecule has 0 aliphatic rings. The summed E-state index contributed by atoms with van der Waals surface area (Å²) in [6.07, 6.45) is 1.01. The van der Waals surface area contributed by atoms with Gasteiger partial charge in [0.25, 0.3) is 0 Å². The van der Waals surface area contributed by atoms with Crippen LogP contribution in [0, 0.1) is 5.82 Å². The summed E-state index contributed by atoms with van der Waals surface area (Å²) in [5, 5.41) is 3.25. The normalized spacial score (nSPS) is 14.1. The van der Waals surface area contributed by atoms with Crippen molar-refractivity contribution in [2.75, 3.05) is 7.11 Å². The van der Waals surface area contributed by atoms with Crippen molar-refractivity contribution in [1.29, 1.82) is 0 Å². The van der Waals surface area contributed by atoms with Crippen LogP contribution in [0.25, 0.3) is 11.1 Å². The number of oxazole rings is 1. The fourth-order valence-corrected chi connectivity index (χ4v) is 2.01. The van der Waals surface area contributed by atoms with Gasteiger partial charge in [-0.1, -0.05) is 6.92 Å². The van der Waals surface area contributed by atoms with Crippen molar-refractivity contribution >= 4 is 17.1 Å². The molecule has 1 aromatic heterocycles. The summed E-state index contributed by atoms with van der Waals surface area (Å²) in [5.74, 6) is -0.172. The average Bonchev–Trinajstić information content (AvgIpc) is 2.87. The smallest absolute Gasteiger partial charge is 0.307 e. The number of hydrogen-bond acceptors (Lipinski definition) is 5. The fraction of sp³-hybridized carbons (Fsp3) is 0.467. The summed E-state index contributed by atoms with van der Waals surface area (Å²) < 4.78 is 23.3. The average molecular weight is 294 g/mol. The summed E-state index contributed by atoms with van der Waals surface area (Å²) in [6.45, 7) is 4.28. The Bertz CT molecular complexity index is 641. The molecule has 1 atom stereocenters. The molecule has 0 aliphatic carbocycles. The van der Waals surface area contributed by atoms with E-state index in [1.807, 2.05) is 13.8 Å². The quantitative estimate of drug-likeness (QED) is 0.830. The number of rotatable bonds is 6. The van der Waals surface area contributed by atoms with Gasteiger partial charge in [-0.2, -0.15) is 0 Å². The van der Waals surface area contributed by atoms with E-state index in [1.165, 1.54) is 19.2 Å². The Morgan fingerprint density at radius 1 is 1.52 bits per heavy atom. The standard InChI is InChI=1S/C15H19FN2O3/c1-4-15(2,8-14(19)20-3)17-9-13-18-11-6-5-10(16)7-12(11)21-13/h5-7,17H,4,8-9H2,1-3H3. The van der Waals surface area contributed by atoms with E-state index in [0.29, 0.717) is 23.5 Å². The van der Waals surface area contributed by atoms with Crippen LogP contribution in [-0.4, -0.2) is 23.6 Å². The maximum absolute atomic E-state index is 13.1. The van der Waals surface area contributed by atoms with Gasteiger partial charge in [-0.25, -0.2) is 9.37 Å². The van der Waals surface area contributed by atoms with Crippen LogP contribution in [0.2, 0.25) is 0 Å². The zero-order valence-electron chi connectivity index (χ0n) is 12.4. The summed E-state index contributed by atoms with van der Waals surface area (Å²) in [4.78, 5) is 15.7. The highest BCUT2D eigenvalue weighted by atomic mass is 19.1. The third-order valence-electron chi connectivity index (χ3n) is 3.60. The fourth-order valence-electron chi connectivity index (χ4n) is 2.01. The van der Waals surface area contributed by atoms with Crippen molar-refractivity contribution in [3.63, 3.8) is 0 Å². The maximum Gasteiger partial charge on any atom is 0.307 e. The number of aromatic nitrogens is 1. The van der Waals surface area contributed by atoms with Crippen molar-refractivity contribution in [2.24, 2.45) is 0 Å². The number of ether oxygens (including phenoxy) is 1. The molecular formula is C15H19FN2O3. The van der Waals surface area contributed by atoms with Crippen LogP contribution in [0.4, 0.5) is 4.39 Å². The molecule has 5 nitrogen and oxygen atoms in total. The SMILES string of the molecule is CCC(C)(CC(=O)OC)NCc1nc2ccc(F)cc2o1. The van der Waals surface area contributed by atoms with E-state index in [1.54, 1.807) is 6.07 Å². The van der Waals surface area contributed by atoms with Crippen LogP contribution < -0.4 is 5.32 Å². The second-order valence-electron chi connectivity index (χ2n) is 5.24. The summed E-state index contributed by atoms with van der Waals surface area (Å²) in [6, 6.07) is 4.22. The minimum atomic E-state index is -0.404. The highest BCUT2D eigenvalue weighted by Gasteiger charge is 2.26. The van der Waals surface area contributed by atoms with Gasteiger partial charge in [-0.05, 0) is 25.5 Å². The molecule has 1 heterocycles. The second-order valence-corrected chi connectivity index (χ2v) is 5.24. The molecule has 21 heavy (non-hydrogen) atoms. The number of carbonyl (C=O) groups excluding carboxylic acids is 1. The Morgan fingerprint density at radius 2 is 2.29 bits per heavy atom. The Kier molecular flexibility index (Phi) is 4.57. The Labute approximate surface area is 122 Å². The molecule has 2 rings (SSSR count). The first-order valence-electron chi connectivity index (χ1n) is 6.82. The minimum Gasteiger partial charge on any atom is -0.469 e. The molecule has 0 amide bonds. The van der Waals surface area contributed by atoms with E-state index < -0.39 is 5.54 Å². The van der Waals surface area contributed by atoms with Gasteiger partial charge in [-0.3, -0.25) is 4.79 Å². The first-order chi connectivity index (χ1) is 9.95.